The van der Waals surface area contributed by atoms with Gasteiger partial charge in [-0.05, 0) is 38.5 Å². The number of hydrogen-bond acceptors (Lipinski definition) is 2. The Labute approximate surface area is 120 Å². The predicted molar refractivity (Wildman–Crippen MR) is 72.3 cm³/mol. The first-order valence-electron chi connectivity index (χ1n) is 6.41. The minimum absolute atomic E-state index is 0.0660. The minimum Gasteiger partial charge on any atom is -0.294 e. The van der Waals surface area contributed by atoms with E-state index in [0.29, 0.717) is 23.4 Å². The van der Waals surface area contributed by atoms with E-state index in [2.05, 4.69) is 5.10 Å². The van der Waals surface area contributed by atoms with Crippen LogP contribution in [0.4, 0.5) is 13.2 Å². The zero-order valence-corrected chi connectivity index (χ0v) is 12.0. The summed E-state index contributed by atoms with van der Waals surface area (Å²) >= 11 is 0. The Morgan fingerprint density at radius 3 is 2.19 bits per heavy atom. The molecule has 0 aliphatic carbocycles. The standard InChI is InChI=1S/C15H15F3N2O/c1-9-14(11(3)21)10(2)20(19-9)8-12-4-6-13(7-5-12)15(16,17)18/h4-7H,8H2,1-3H3. The molecule has 1 aromatic heterocycles. The van der Waals surface area contributed by atoms with Crippen molar-refractivity contribution >= 4 is 5.78 Å². The molecule has 3 nitrogen and oxygen atoms in total. The van der Waals surface area contributed by atoms with Crippen molar-refractivity contribution in [2.24, 2.45) is 0 Å². The van der Waals surface area contributed by atoms with Gasteiger partial charge in [0.15, 0.2) is 5.78 Å². The van der Waals surface area contributed by atoms with Crippen LogP contribution in [-0.4, -0.2) is 15.6 Å². The molecule has 0 fully saturated rings. The van der Waals surface area contributed by atoms with Crippen LogP contribution in [0.15, 0.2) is 24.3 Å². The summed E-state index contributed by atoms with van der Waals surface area (Å²) in [5.41, 5.74) is 1.95. The van der Waals surface area contributed by atoms with Crippen LogP contribution < -0.4 is 0 Å². The minimum atomic E-state index is -4.33. The quantitative estimate of drug-likeness (QED) is 0.808. The monoisotopic (exact) mass is 296 g/mol. The Kier molecular flexibility index (Phi) is 3.89. The Morgan fingerprint density at radius 2 is 1.76 bits per heavy atom. The van der Waals surface area contributed by atoms with E-state index in [1.54, 1.807) is 18.5 Å². The van der Waals surface area contributed by atoms with E-state index in [4.69, 9.17) is 0 Å². The number of nitrogens with zero attached hydrogens (tertiary/aromatic N) is 2. The van der Waals surface area contributed by atoms with Gasteiger partial charge in [-0.15, -0.1) is 0 Å². The molecule has 0 saturated heterocycles. The Bertz CT molecular complexity index is 669. The van der Waals surface area contributed by atoms with Crippen molar-refractivity contribution in [2.45, 2.75) is 33.5 Å². The van der Waals surface area contributed by atoms with Gasteiger partial charge in [0, 0.05) is 5.69 Å². The Hall–Kier alpha value is -2.11. The highest BCUT2D eigenvalue weighted by molar-refractivity contribution is 5.96. The van der Waals surface area contributed by atoms with Gasteiger partial charge in [-0.2, -0.15) is 18.3 Å². The van der Waals surface area contributed by atoms with E-state index in [0.717, 1.165) is 17.8 Å². The number of carbonyl (C=O) groups is 1. The molecular weight excluding hydrogens is 281 g/mol. The van der Waals surface area contributed by atoms with Gasteiger partial charge in [-0.25, -0.2) is 0 Å². The van der Waals surface area contributed by atoms with E-state index in [-0.39, 0.29) is 5.78 Å². The van der Waals surface area contributed by atoms with Gasteiger partial charge in [0.2, 0.25) is 0 Å². The highest BCUT2D eigenvalue weighted by Gasteiger charge is 2.29. The third-order valence-electron chi connectivity index (χ3n) is 3.35. The number of hydrogen-bond donors (Lipinski definition) is 0. The number of ketones is 1. The number of benzene rings is 1. The fourth-order valence-corrected chi connectivity index (χ4v) is 2.33. The molecule has 0 bridgehead atoms. The molecule has 1 heterocycles. The summed E-state index contributed by atoms with van der Waals surface area (Å²) in [7, 11) is 0. The molecule has 0 aliphatic rings. The van der Waals surface area contributed by atoms with Crippen LogP contribution in [0.1, 0.15) is 39.8 Å². The van der Waals surface area contributed by atoms with Crippen molar-refractivity contribution in [3.05, 3.63) is 52.3 Å². The van der Waals surface area contributed by atoms with Crippen LogP contribution in [0.2, 0.25) is 0 Å². The maximum Gasteiger partial charge on any atom is 0.416 e. The van der Waals surface area contributed by atoms with Gasteiger partial charge in [0.25, 0.3) is 0 Å². The average molecular weight is 296 g/mol. The summed E-state index contributed by atoms with van der Waals surface area (Å²) < 4.78 is 39.1. The SMILES string of the molecule is CC(=O)c1c(C)nn(Cc2ccc(C(F)(F)F)cc2)c1C. The molecular formula is C15H15F3N2O. The van der Waals surface area contributed by atoms with Crippen LogP contribution >= 0.6 is 0 Å². The normalized spacial score (nSPS) is 11.7. The van der Waals surface area contributed by atoms with Crippen molar-refractivity contribution in [1.82, 2.24) is 9.78 Å². The Balaban J connectivity index is 2.27. The topological polar surface area (TPSA) is 34.9 Å². The number of carbonyl (C=O) groups excluding carboxylic acids is 1. The van der Waals surface area contributed by atoms with Crippen molar-refractivity contribution in [1.29, 1.82) is 0 Å². The lowest BCUT2D eigenvalue weighted by molar-refractivity contribution is -0.137. The molecule has 112 valence electrons. The molecule has 1 aromatic carbocycles. The largest absolute Gasteiger partial charge is 0.416 e. The third-order valence-corrected chi connectivity index (χ3v) is 3.35. The first kappa shape index (κ1) is 15.3. The van der Waals surface area contributed by atoms with Gasteiger partial charge in [-0.1, -0.05) is 12.1 Å². The molecule has 0 amide bonds. The van der Waals surface area contributed by atoms with Crippen LogP contribution in [0, 0.1) is 13.8 Å². The van der Waals surface area contributed by atoms with Gasteiger partial charge >= 0.3 is 6.18 Å². The number of halogens is 3. The molecule has 6 heteroatoms. The molecule has 0 saturated carbocycles. The lowest BCUT2D eigenvalue weighted by Gasteiger charge is -2.08. The predicted octanol–water partition coefficient (Wildman–Crippen LogP) is 3.77. The van der Waals surface area contributed by atoms with Gasteiger partial charge in [-0.3, -0.25) is 9.48 Å². The molecule has 2 rings (SSSR count). The summed E-state index contributed by atoms with van der Waals surface area (Å²) in [6.45, 7) is 5.32. The van der Waals surface area contributed by atoms with Crippen LogP contribution in [0.25, 0.3) is 0 Å². The van der Waals surface area contributed by atoms with Crippen molar-refractivity contribution < 1.29 is 18.0 Å². The van der Waals surface area contributed by atoms with Crippen molar-refractivity contribution in [3.8, 4) is 0 Å². The second-order valence-electron chi connectivity index (χ2n) is 4.95. The van der Waals surface area contributed by atoms with Gasteiger partial charge in [0.05, 0.1) is 23.4 Å². The molecule has 0 aliphatic heterocycles. The van der Waals surface area contributed by atoms with Crippen molar-refractivity contribution in [3.63, 3.8) is 0 Å². The van der Waals surface area contributed by atoms with E-state index in [1.807, 2.05) is 0 Å². The number of alkyl halides is 3. The number of aryl methyl sites for hydroxylation is 1. The summed E-state index contributed by atoms with van der Waals surface area (Å²) in [4.78, 5) is 11.5. The Morgan fingerprint density at radius 1 is 1.19 bits per heavy atom. The second-order valence-corrected chi connectivity index (χ2v) is 4.95. The third kappa shape index (κ3) is 3.15. The number of aromatic nitrogens is 2. The zero-order chi connectivity index (χ0) is 15.8. The second kappa shape index (κ2) is 5.35. The van der Waals surface area contributed by atoms with E-state index in [1.165, 1.54) is 19.1 Å². The van der Waals surface area contributed by atoms with Crippen LogP contribution in [0.3, 0.4) is 0 Å². The van der Waals surface area contributed by atoms with E-state index < -0.39 is 11.7 Å². The fourth-order valence-electron chi connectivity index (χ4n) is 2.33. The zero-order valence-electron chi connectivity index (χ0n) is 12.0. The lowest BCUT2D eigenvalue weighted by atomic mass is 10.1. The molecule has 0 radical (unpaired) electrons. The smallest absolute Gasteiger partial charge is 0.294 e. The molecule has 0 N–H and O–H groups in total. The highest BCUT2D eigenvalue weighted by Crippen LogP contribution is 2.29. The lowest BCUT2D eigenvalue weighted by Crippen LogP contribution is -2.07. The first-order chi connectivity index (χ1) is 9.70. The number of Topliss-reactive ketones (excluding diaryl/α,β-unsaturated/α-hetero) is 1. The summed E-state index contributed by atoms with van der Waals surface area (Å²) in [5, 5.41) is 4.27. The molecule has 0 unspecified atom stereocenters. The van der Waals surface area contributed by atoms with Crippen LogP contribution in [0.5, 0.6) is 0 Å². The van der Waals surface area contributed by atoms with Gasteiger partial charge in [0.1, 0.15) is 0 Å². The van der Waals surface area contributed by atoms with Crippen LogP contribution in [-0.2, 0) is 12.7 Å². The summed E-state index contributed by atoms with van der Waals surface area (Å²) in [5.74, 6) is -0.0660. The highest BCUT2D eigenvalue weighted by atomic mass is 19.4. The molecule has 0 atom stereocenters. The molecule has 2 aromatic rings. The first-order valence-corrected chi connectivity index (χ1v) is 6.41. The molecule has 0 spiro atoms. The van der Waals surface area contributed by atoms with E-state index in [9.17, 15) is 18.0 Å². The maximum atomic E-state index is 12.5. The molecule has 21 heavy (non-hydrogen) atoms. The number of rotatable bonds is 3. The average Bonchev–Trinajstić information content (AvgIpc) is 2.64. The summed E-state index contributed by atoms with van der Waals surface area (Å²) in [6, 6.07) is 4.94. The summed E-state index contributed by atoms with van der Waals surface area (Å²) in [6.07, 6.45) is -4.33. The van der Waals surface area contributed by atoms with Gasteiger partial charge < -0.3 is 0 Å². The maximum absolute atomic E-state index is 12.5. The van der Waals surface area contributed by atoms with E-state index >= 15 is 0 Å². The van der Waals surface area contributed by atoms with Crippen molar-refractivity contribution in [2.75, 3.05) is 0 Å². The fraction of sp³-hybridized carbons (Fsp3) is 0.333.